The molecule has 174 valence electrons. The fourth-order valence-electron chi connectivity index (χ4n) is 5.48. The summed E-state index contributed by atoms with van der Waals surface area (Å²) in [7, 11) is 0. The number of aliphatic hydroxyl groups excluding tert-OH is 1. The molecule has 5 rings (SSSR count). The maximum absolute atomic E-state index is 13.6. The van der Waals surface area contributed by atoms with Gasteiger partial charge >= 0.3 is 0 Å². The van der Waals surface area contributed by atoms with Gasteiger partial charge in [-0.2, -0.15) is 0 Å². The molecule has 1 aliphatic carbocycles. The molecule has 2 aliphatic heterocycles. The zero-order valence-corrected chi connectivity index (χ0v) is 19.0. The summed E-state index contributed by atoms with van der Waals surface area (Å²) < 4.78 is 0. The van der Waals surface area contributed by atoms with Gasteiger partial charge in [-0.05, 0) is 50.0 Å². The molecule has 2 heterocycles. The van der Waals surface area contributed by atoms with Crippen LogP contribution in [0.4, 0.5) is 11.4 Å². The Balaban J connectivity index is 1.66. The molecular formula is C28H28N2O4. The van der Waals surface area contributed by atoms with E-state index in [9.17, 15) is 20.1 Å². The Bertz CT molecular complexity index is 1220. The molecule has 1 atom stereocenters. The van der Waals surface area contributed by atoms with Crippen molar-refractivity contribution in [2.45, 2.75) is 31.7 Å². The first kappa shape index (κ1) is 21.9. The number of aliphatic hydroxyl groups is 1. The molecule has 34 heavy (non-hydrogen) atoms. The van der Waals surface area contributed by atoms with Crippen LogP contribution in [0.2, 0.25) is 0 Å². The maximum atomic E-state index is 13.6. The van der Waals surface area contributed by atoms with Crippen molar-refractivity contribution in [3.8, 4) is 11.5 Å². The molecule has 0 spiro atoms. The van der Waals surface area contributed by atoms with Crippen LogP contribution in [0.15, 0.2) is 73.2 Å². The highest BCUT2D eigenvalue weighted by molar-refractivity contribution is 6.34. The third kappa shape index (κ3) is 3.13. The highest BCUT2D eigenvalue weighted by atomic mass is 16.3. The third-order valence-electron chi connectivity index (χ3n) is 6.97. The molecule has 0 saturated heterocycles. The second-order valence-corrected chi connectivity index (χ2v) is 8.84. The lowest BCUT2D eigenvalue weighted by atomic mass is 9.78. The molecule has 0 bridgehead atoms. The fourth-order valence-corrected chi connectivity index (χ4v) is 5.48. The van der Waals surface area contributed by atoms with E-state index in [0.29, 0.717) is 24.2 Å². The van der Waals surface area contributed by atoms with Gasteiger partial charge in [0.05, 0.1) is 16.8 Å². The van der Waals surface area contributed by atoms with Crippen LogP contribution in [0.5, 0.6) is 11.5 Å². The predicted octanol–water partition coefficient (Wildman–Crippen LogP) is 4.78. The van der Waals surface area contributed by atoms with Crippen molar-refractivity contribution < 1.29 is 20.1 Å². The lowest BCUT2D eigenvalue weighted by Crippen LogP contribution is -2.49. The molecule has 2 aromatic carbocycles. The van der Waals surface area contributed by atoms with E-state index in [0.717, 1.165) is 42.7 Å². The number of rotatable bonds is 6. The summed E-state index contributed by atoms with van der Waals surface area (Å²) in [5.74, 6) is -0.771. The van der Waals surface area contributed by atoms with Gasteiger partial charge in [0.1, 0.15) is 17.3 Å². The lowest BCUT2D eigenvalue weighted by molar-refractivity contribution is -0.116. The smallest absolute Gasteiger partial charge is 0.197 e. The number of hydrogen-bond acceptors (Lipinski definition) is 6. The number of aromatic hydroxyl groups is 2. The summed E-state index contributed by atoms with van der Waals surface area (Å²) in [6, 6.07) is 8.24. The van der Waals surface area contributed by atoms with E-state index in [1.807, 2.05) is 30.3 Å². The van der Waals surface area contributed by atoms with Crippen LogP contribution in [0.25, 0.3) is 5.57 Å². The van der Waals surface area contributed by atoms with Crippen molar-refractivity contribution in [1.29, 1.82) is 0 Å². The molecule has 1 unspecified atom stereocenters. The number of phenolic OH excluding ortho intramolecular Hbond substituents is 2. The van der Waals surface area contributed by atoms with Crippen LogP contribution in [0, 0.1) is 0 Å². The van der Waals surface area contributed by atoms with Gasteiger partial charge in [-0.15, -0.1) is 0 Å². The van der Waals surface area contributed by atoms with Crippen molar-refractivity contribution in [1.82, 2.24) is 0 Å². The van der Waals surface area contributed by atoms with E-state index in [1.165, 1.54) is 0 Å². The first-order valence-electron chi connectivity index (χ1n) is 11.6. The molecular weight excluding hydrogens is 428 g/mol. The van der Waals surface area contributed by atoms with Crippen LogP contribution in [-0.4, -0.2) is 40.2 Å². The summed E-state index contributed by atoms with van der Waals surface area (Å²) in [5, 5.41) is 33.6. The zero-order valence-electron chi connectivity index (χ0n) is 19.0. The summed E-state index contributed by atoms with van der Waals surface area (Å²) in [4.78, 5) is 17.5. The van der Waals surface area contributed by atoms with E-state index in [2.05, 4.69) is 18.1 Å². The minimum absolute atomic E-state index is 0.0234. The van der Waals surface area contributed by atoms with Gasteiger partial charge in [0, 0.05) is 35.6 Å². The average molecular weight is 457 g/mol. The van der Waals surface area contributed by atoms with Crippen molar-refractivity contribution in [2.24, 2.45) is 0 Å². The van der Waals surface area contributed by atoms with E-state index in [4.69, 9.17) is 0 Å². The summed E-state index contributed by atoms with van der Waals surface area (Å²) in [5.41, 5.74) is 3.72. The van der Waals surface area contributed by atoms with Gasteiger partial charge in [-0.3, -0.25) is 4.79 Å². The van der Waals surface area contributed by atoms with Crippen molar-refractivity contribution in [3.63, 3.8) is 0 Å². The minimum atomic E-state index is -0.996. The number of para-hydroxylation sites is 1. The number of phenols is 2. The Morgan fingerprint density at radius 3 is 2.15 bits per heavy atom. The van der Waals surface area contributed by atoms with Gasteiger partial charge in [-0.1, -0.05) is 37.4 Å². The number of benzene rings is 2. The molecule has 0 amide bonds. The largest absolute Gasteiger partial charge is 0.509 e. The van der Waals surface area contributed by atoms with E-state index >= 15 is 0 Å². The fraction of sp³-hybridized carbons (Fsp3) is 0.250. The first-order chi connectivity index (χ1) is 16.5. The van der Waals surface area contributed by atoms with Crippen LogP contribution in [-0.2, 0) is 17.6 Å². The molecule has 0 aromatic heterocycles. The topological polar surface area (TPSA) is 84.2 Å². The van der Waals surface area contributed by atoms with Crippen LogP contribution in [0.3, 0.4) is 0 Å². The monoisotopic (exact) mass is 456 g/mol. The molecule has 0 fully saturated rings. The molecule has 3 aliphatic rings. The Hall–Kier alpha value is -3.93. The Labute approximate surface area is 199 Å². The Morgan fingerprint density at radius 1 is 1.00 bits per heavy atom. The lowest BCUT2D eigenvalue weighted by Gasteiger charge is -2.41. The molecule has 6 nitrogen and oxygen atoms in total. The van der Waals surface area contributed by atoms with Gasteiger partial charge in [0.2, 0.25) is 0 Å². The Morgan fingerprint density at radius 2 is 1.62 bits per heavy atom. The molecule has 2 aromatic rings. The normalized spacial score (nSPS) is 19.4. The Kier molecular flexibility index (Phi) is 5.44. The summed E-state index contributed by atoms with van der Waals surface area (Å²) in [6.07, 6.45) is 8.02. The molecule has 0 radical (unpaired) electrons. The van der Waals surface area contributed by atoms with E-state index < -0.39 is 6.04 Å². The van der Waals surface area contributed by atoms with Crippen LogP contribution < -0.4 is 9.80 Å². The molecule has 0 saturated carbocycles. The predicted molar refractivity (Wildman–Crippen MR) is 134 cm³/mol. The first-order valence-corrected chi connectivity index (χ1v) is 11.6. The molecule has 3 N–H and O–H groups in total. The number of anilines is 2. The highest BCUT2D eigenvalue weighted by Crippen LogP contribution is 2.52. The number of nitrogens with zero attached hydrogens (tertiary/aromatic N) is 2. The van der Waals surface area contributed by atoms with Gasteiger partial charge in [-0.25, -0.2) is 0 Å². The van der Waals surface area contributed by atoms with Crippen LogP contribution in [0.1, 0.15) is 29.5 Å². The maximum Gasteiger partial charge on any atom is 0.197 e. The number of carbonyl (C=O) groups is 1. The number of carbonyl (C=O) groups excluding carboxylic acids is 1. The summed E-state index contributed by atoms with van der Waals surface area (Å²) in [6.45, 7) is 9.37. The number of ketones is 1. The summed E-state index contributed by atoms with van der Waals surface area (Å²) >= 11 is 0. The van der Waals surface area contributed by atoms with Gasteiger partial charge in [0.15, 0.2) is 11.8 Å². The number of Topliss-reactive ketones (excluding diaryl/α,β-unsaturated/α-hetero) is 1. The van der Waals surface area contributed by atoms with Crippen molar-refractivity contribution in [2.75, 3.05) is 22.9 Å². The quantitative estimate of drug-likeness (QED) is 0.543. The minimum Gasteiger partial charge on any atom is -0.509 e. The van der Waals surface area contributed by atoms with Gasteiger partial charge < -0.3 is 25.1 Å². The SMILES string of the molecule is C=C/C=C(\C=C)N(c1ccccc1)C1C(=O)C(c2c(O)c3c4c(c2O)CCCN4CCC3)=C1O. The molecule has 6 heteroatoms. The van der Waals surface area contributed by atoms with E-state index in [-0.39, 0.29) is 34.2 Å². The van der Waals surface area contributed by atoms with Gasteiger partial charge in [0.25, 0.3) is 0 Å². The van der Waals surface area contributed by atoms with Crippen molar-refractivity contribution in [3.05, 3.63) is 89.9 Å². The average Bonchev–Trinajstić information content (AvgIpc) is 2.87. The zero-order chi connectivity index (χ0) is 24.0. The second-order valence-electron chi connectivity index (χ2n) is 8.84. The number of hydrogen-bond donors (Lipinski definition) is 3. The van der Waals surface area contributed by atoms with Crippen molar-refractivity contribution >= 4 is 22.7 Å². The second kappa shape index (κ2) is 8.45. The number of allylic oxidation sites excluding steroid dienone is 3. The van der Waals surface area contributed by atoms with Crippen LogP contribution >= 0.6 is 0 Å². The highest BCUT2D eigenvalue weighted by Gasteiger charge is 2.48. The standard InChI is InChI=1S/C28H28N2O4/c1-3-10-17(4-2)30(18-11-6-5-7-12-18)24-27(33)22(28(24)34)21-25(31)19-13-8-15-29-16-9-14-20(23(19)29)26(21)32/h3-7,10-12,24,31-33H,1-2,8-9,13-16H2/b17-10+. The third-order valence-corrected chi connectivity index (χ3v) is 6.97. The van der Waals surface area contributed by atoms with E-state index in [1.54, 1.807) is 23.1 Å².